The molecule has 0 amide bonds. The second-order valence-corrected chi connectivity index (χ2v) is 6.23. The topological polar surface area (TPSA) is 33.1 Å². The fourth-order valence-corrected chi connectivity index (χ4v) is 2.83. The van der Waals surface area contributed by atoms with Crippen LogP contribution >= 0.6 is 0 Å². The first-order valence-electron chi connectivity index (χ1n) is 8.93. The van der Waals surface area contributed by atoms with Gasteiger partial charge in [0.05, 0.1) is 0 Å². The number of nitrogens with zero attached hydrogens (tertiary/aromatic N) is 1. The monoisotopic (exact) mass is 303 g/mol. The summed E-state index contributed by atoms with van der Waals surface area (Å²) in [6.45, 7) is 6.69. The Labute approximate surface area is 136 Å². The lowest BCUT2D eigenvalue weighted by molar-refractivity contribution is 0.288. The quantitative estimate of drug-likeness (QED) is 0.556. The average Bonchev–Trinajstić information content (AvgIpc) is 2.49. The molecule has 1 aromatic rings. The number of pyridine rings is 1. The number of unbranched alkanes of at least 4 members (excludes halogenated alkanes) is 6. The highest BCUT2D eigenvalue weighted by Gasteiger charge is 2.06. The summed E-state index contributed by atoms with van der Waals surface area (Å²) < 4.78 is 0. The average molecular weight is 303 g/mol. The second kappa shape index (κ2) is 11.4. The van der Waals surface area contributed by atoms with Gasteiger partial charge in [0.1, 0.15) is 0 Å². The minimum atomic E-state index is 0.232. The first-order chi connectivity index (χ1) is 10.7. The van der Waals surface area contributed by atoms with Gasteiger partial charge in [-0.15, -0.1) is 0 Å². The van der Waals surface area contributed by atoms with Crippen molar-refractivity contribution >= 4 is 6.08 Å². The summed E-state index contributed by atoms with van der Waals surface area (Å²) in [6, 6.07) is 2.15. The van der Waals surface area contributed by atoms with Crippen molar-refractivity contribution in [3.05, 3.63) is 34.7 Å². The smallest absolute Gasteiger partial charge is 0.0482 e. The fourth-order valence-electron chi connectivity index (χ4n) is 2.83. The zero-order valence-corrected chi connectivity index (χ0v) is 14.7. The molecule has 0 aromatic carbocycles. The molecule has 0 bridgehead atoms. The summed E-state index contributed by atoms with van der Waals surface area (Å²) in [5.74, 6) is 0. The molecule has 0 fully saturated rings. The standard InChI is InChI=1S/C20H33NO/c1-4-5-6-7-8-9-10-11-13-19-17(2)16-18(3)21-20(19)14-12-15-22/h11,13,16,22H,4-10,12,14-15H2,1-3H3/b13-11-. The van der Waals surface area contributed by atoms with E-state index in [1.54, 1.807) is 0 Å². The molecule has 2 heteroatoms. The summed E-state index contributed by atoms with van der Waals surface area (Å²) >= 11 is 0. The van der Waals surface area contributed by atoms with Crippen molar-refractivity contribution in [2.24, 2.45) is 0 Å². The fraction of sp³-hybridized carbons (Fsp3) is 0.650. The molecule has 0 aliphatic rings. The highest BCUT2D eigenvalue weighted by molar-refractivity contribution is 5.56. The van der Waals surface area contributed by atoms with E-state index in [1.165, 1.54) is 49.7 Å². The van der Waals surface area contributed by atoms with E-state index in [4.69, 9.17) is 5.11 Å². The summed E-state index contributed by atoms with van der Waals surface area (Å²) in [5.41, 5.74) is 4.74. The van der Waals surface area contributed by atoms with Crippen LogP contribution in [0.15, 0.2) is 12.1 Å². The summed E-state index contributed by atoms with van der Waals surface area (Å²) in [6.07, 6.45) is 15.4. The third-order valence-corrected chi connectivity index (χ3v) is 4.05. The van der Waals surface area contributed by atoms with Crippen LogP contribution in [0.2, 0.25) is 0 Å². The molecular weight excluding hydrogens is 270 g/mol. The predicted octanol–water partition coefficient (Wildman–Crippen LogP) is 5.39. The molecule has 1 rings (SSSR count). The van der Waals surface area contributed by atoms with Crippen LogP contribution in [0.1, 0.15) is 80.8 Å². The highest BCUT2D eigenvalue weighted by Crippen LogP contribution is 2.18. The third-order valence-electron chi connectivity index (χ3n) is 4.05. The van der Waals surface area contributed by atoms with Crippen LogP contribution in [0.3, 0.4) is 0 Å². The second-order valence-electron chi connectivity index (χ2n) is 6.23. The zero-order valence-electron chi connectivity index (χ0n) is 14.7. The maximum atomic E-state index is 9.05. The van der Waals surface area contributed by atoms with Crippen molar-refractivity contribution in [3.8, 4) is 0 Å². The van der Waals surface area contributed by atoms with E-state index < -0.39 is 0 Å². The molecule has 0 aliphatic heterocycles. The first-order valence-corrected chi connectivity index (χ1v) is 8.93. The van der Waals surface area contributed by atoms with Crippen molar-refractivity contribution < 1.29 is 5.11 Å². The van der Waals surface area contributed by atoms with Gasteiger partial charge in [-0.05, 0) is 56.7 Å². The highest BCUT2D eigenvalue weighted by atomic mass is 16.2. The normalized spacial score (nSPS) is 11.5. The number of aliphatic hydroxyl groups is 1. The maximum absolute atomic E-state index is 9.05. The van der Waals surface area contributed by atoms with E-state index in [2.05, 4.69) is 37.0 Å². The molecule has 1 aromatic heterocycles. The maximum Gasteiger partial charge on any atom is 0.0482 e. The minimum Gasteiger partial charge on any atom is -0.396 e. The molecule has 0 aliphatic carbocycles. The molecule has 1 heterocycles. The van der Waals surface area contributed by atoms with Crippen LogP contribution < -0.4 is 0 Å². The lowest BCUT2D eigenvalue weighted by Crippen LogP contribution is -2.00. The number of allylic oxidation sites excluding steroid dienone is 1. The molecule has 0 atom stereocenters. The zero-order chi connectivity index (χ0) is 16.2. The van der Waals surface area contributed by atoms with Crippen LogP contribution in [0.4, 0.5) is 0 Å². The number of aromatic nitrogens is 1. The molecular formula is C20H33NO. The van der Waals surface area contributed by atoms with Crippen molar-refractivity contribution in [2.45, 2.75) is 78.6 Å². The van der Waals surface area contributed by atoms with Crippen molar-refractivity contribution in [1.82, 2.24) is 4.98 Å². The van der Waals surface area contributed by atoms with Gasteiger partial charge in [0, 0.05) is 18.0 Å². The molecule has 0 saturated carbocycles. The van der Waals surface area contributed by atoms with Gasteiger partial charge in [0.15, 0.2) is 0 Å². The van der Waals surface area contributed by atoms with Crippen LogP contribution in [0, 0.1) is 13.8 Å². The van der Waals surface area contributed by atoms with Crippen LogP contribution in [0.5, 0.6) is 0 Å². The Hall–Kier alpha value is -1.15. The molecule has 22 heavy (non-hydrogen) atoms. The van der Waals surface area contributed by atoms with Crippen LogP contribution in [-0.2, 0) is 6.42 Å². The molecule has 2 nitrogen and oxygen atoms in total. The van der Waals surface area contributed by atoms with Gasteiger partial charge in [0.2, 0.25) is 0 Å². The number of aryl methyl sites for hydroxylation is 3. The van der Waals surface area contributed by atoms with E-state index >= 15 is 0 Å². The number of rotatable bonds is 11. The predicted molar refractivity (Wildman–Crippen MR) is 96.1 cm³/mol. The Morgan fingerprint density at radius 1 is 1.05 bits per heavy atom. The Balaban J connectivity index is 2.50. The van der Waals surface area contributed by atoms with Gasteiger partial charge in [-0.25, -0.2) is 0 Å². The Kier molecular flexibility index (Phi) is 9.81. The molecule has 0 spiro atoms. The number of hydrogen-bond donors (Lipinski definition) is 1. The molecule has 0 radical (unpaired) electrons. The van der Waals surface area contributed by atoms with Gasteiger partial charge in [-0.1, -0.05) is 51.2 Å². The van der Waals surface area contributed by atoms with Crippen LogP contribution in [-0.4, -0.2) is 16.7 Å². The lowest BCUT2D eigenvalue weighted by atomic mass is 10.0. The van der Waals surface area contributed by atoms with Gasteiger partial charge < -0.3 is 5.11 Å². The number of hydrogen-bond acceptors (Lipinski definition) is 2. The van der Waals surface area contributed by atoms with Gasteiger partial charge in [-0.3, -0.25) is 4.98 Å². The van der Waals surface area contributed by atoms with E-state index in [1.807, 2.05) is 6.92 Å². The SMILES string of the molecule is CCCCCCCC/C=C\c1c(C)cc(C)nc1CCCO. The Morgan fingerprint density at radius 3 is 2.50 bits per heavy atom. The summed E-state index contributed by atoms with van der Waals surface area (Å²) in [5, 5.41) is 9.05. The van der Waals surface area contributed by atoms with Crippen LogP contribution in [0.25, 0.3) is 6.08 Å². The van der Waals surface area contributed by atoms with Gasteiger partial charge >= 0.3 is 0 Å². The third kappa shape index (κ3) is 7.22. The van der Waals surface area contributed by atoms with E-state index in [9.17, 15) is 0 Å². The van der Waals surface area contributed by atoms with Gasteiger partial charge in [-0.2, -0.15) is 0 Å². The molecule has 1 N–H and O–H groups in total. The van der Waals surface area contributed by atoms with Gasteiger partial charge in [0.25, 0.3) is 0 Å². The summed E-state index contributed by atoms with van der Waals surface area (Å²) in [7, 11) is 0. The van der Waals surface area contributed by atoms with E-state index in [0.29, 0.717) is 0 Å². The Morgan fingerprint density at radius 2 is 1.77 bits per heavy atom. The van der Waals surface area contributed by atoms with Crippen molar-refractivity contribution in [3.63, 3.8) is 0 Å². The first kappa shape index (κ1) is 18.9. The number of aliphatic hydroxyl groups excluding tert-OH is 1. The van der Waals surface area contributed by atoms with Crippen molar-refractivity contribution in [1.29, 1.82) is 0 Å². The largest absolute Gasteiger partial charge is 0.396 e. The van der Waals surface area contributed by atoms with E-state index in [0.717, 1.165) is 30.7 Å². The molecule has 124 valence electrons. The minimum absolute atomic E-state index is 0.232. The van der Waals surface area contributed by atoms with E-state index in [-0.39, 0.29) is 6.61 Å². The molecule has 0 saturated heterocycles. The summed E-state index contributed by atoms with van der Waals surface area (Å²) in [4.78, 5) is 4.66. The molecule has 0 unspecified atom stereocenters. The lowest BCUT2D eigenvalue weighted by Gasteiger charge is -2.09. The van der Waals surface area contributed by atoms with Crippen molar-refractivity contribution in [2.75, 3.05) is 6.61 Å². The Bertz CT molecular complexity index is 451.